The van der Waals surface area contributed by atoms with Gasteiger partial charge in [0.25, 0.3) is 0 Å². The highest BCUT2D eigenvalue weighted by molar-refractivity contribution is 5.88. The molecule has 106 valence electrons. The lowest BCUT2D eigenvalue weighted by molar-refractivity contribution is -0.141. The number of ether oxygens (including phenoxy) is 1. The zero-order valence-corrected chi connectivity index (χ0v) is 11.3. The lowest BCUT2D eigenvalue weighted by Gasteiger charge is -2.26. The number of hydrogen-bond donors (Lipinski definition) is 2. The Morgan fingerprint density at radius 3 is 2.95 bits per heavy atom. The minimum Gasteiger partial charge on any atom is -0.493 e. The van der Waals surface area contributed by atoms with E-state index in [0.29, 0.717) is 6.61 Å². The number of amides is 1. The molecule has 5 heteroatoms. The summed E-state index contributed by atoms with van der Waals surface area (Å²) in [6, 6.07) is 6.94. The van der Waals surface area contributed by atoms with Crippen LogP contribution in [0.25, 0.3) is 0 Å². The fraction of sp³-hybridized carbons (Fsp3) is 0.467. The van der Waals surface area contributed by atoms with Crippen molar-refractivity contribution in [2.24, 2.45) is 5.92 Å². The minimum atomic E-state index is -1.01. The molecule has 1 aliphatic heterocycles. The van der Waals surface area contributed by atoms with Gasteiger partial charge < -0.3 is 15.2 Å². The first-order valence-corrected chi connectivity index (χ1v) is 6.80. The minimum absolute atomic E-state index is 0.144. The summed E-state index contributed by atoms with van der Waals surface area (Å²) in [5.41, 5.74) is 0.923. The molecule has 1 fully saturated rings. The van der Waals surface area contributed by atoms with Crippen LogP contribution in [-0.2, 0) is 15.0 Å². The van der Waals surface area contributed by atoms with Crippen LogP contribution in [0, 0.1) is 5.92 Å². The van der Waals surface area contributed by atoms with Gasteiger partial charge in [-0.15, -0.1) is 0 Å². The van der Waals surface area contributed by atoms with Gasteiger partial charge in [-0.1, -0.05) is 18.2 Å². The summed E-state index contributed by atoms with van der Waals surface area (Å²) in [6.07, 6.45) is 1.58. The second-order valence-electron chi connectivity index (χ2n) is 5.58. The highest BCUT2D eigenvalue weighted by atomic mass is 16.5. The van der Waals surface area contributed by atoms with Crippen LogP contribution in [0.3, 0.4) is 0 Å². The number of carboxylic acid groups (broad SMARTS) is 1. The van der Waals surface area contributed by atoms with E-state index in [4.69, 9.17) is 9.84 Å². The summed E-state index contributed by atoms with van der Waals surface area (Å²) in [6.45, 7) is 2.09. The van der Waals surface area contributed by atoms with Crippen molar-refractivity contribution in [3.8, 4) is 5.75 Å². The highest BCUT2D eigenvalue weighted by Gasteiger charge is 2.61. The van der Waals surface area contributed by atoms with Crippen LogP contribution in [0.1, 0.15) is 25.3 Å². The first-order chi connectivity index (χ1) is 9.54. The number of carboxylic acids is 1. The van der Waals surface area contributed by atoms with Crippen molar-refractivity contribution in [1.82, 2.24) is 5.32 Å². The monoisotopic (exact) mass is 275 g/mol. The van der Waals surface area contributed by atoms with Gasteiger partial charge in [-0.2, -0.15) is 0 Å². The van der Waals surface area contributed by atoms with Gasteiger partial charge in [0.05, 0.1) is 6.61 Å². The molecule has 0 radical (unpaired) electrons. The van der Waals surface area contributed by atoms with E-state index in [1.807, 2.05) is 24.3 Å². The Bertz CT molecular complexity index is 571. The van der Waals surface area contributed by atoms with Crippen LogP contribution in [0.15, 0.2) is 24.3 Å². The lowest BCUT2D eigenvalue weighted by atomic mass is 9.87. The standard InChI is InChI=1S/C15H17NO4/c1-9(14(18)19)16-13(17)11-8-15(11)6-7-20-12-5-3-2-4-10(12)15/h2-5,9,11H,6-8H2,1H3,(H,16,17)(H,18,19)/t9-,11?,15?/m0/s1. The molecule has 1 aliphatic carbocycles. The molecule has 0 saturated heterocycles. The van der Waals surface area contributed by atoms with Crippen molar-refractivity contribution in [3.63, 3.8) is 0 Å². The highest BCUT2D eigenvalue weighted by Crippen LogP contribution is 2.60. The molecule has 2 aliphatic rings. The molecule has 1 spiro atoms. The Balaban J connectivity index is 1.78. The Kier molecular flexibility index (Phi) is 2.92. The second-order valence-corrected chi connectivity index (χ2v) is 5.58. The second kappa shape index (κ2) is 4.51. The number of carbonyl (C=O) groups excluding carboxylic acids is 1. The van der Waals surface area contributed by atoms with E-state index in [9.17, 15) is 9.59 Å². The van der Waals surface area contributed by atoms with Gasteiger partial charge in [0.2, 0.25) is 5.91 Å². The maximum Gasteiger partial charge on any atom is 0.325 e. The van der Waals surface area contributed by atoms with Gasteiger partial charge in [-0.05, 0) is 25.8 Å². The fourth-order valence-corrected chi connectivity index (χ4v) is 3.08. The summed E-state index contributed by atoms with van der Waals surface area (Å²) < 4.78 is 5.62. The number of aliphatic carboxylic acids is 1. The third kappa shape index (κ3) is 1.94. The van der Waals surface area contributed by atoms with Crippen LogP contribution < -0.4 is 10.1 Å². The van der Waals surface area contributed by atoms with E-state index in [1.165, 1.54) is 6.92 Å². The molecule has 20 heavy (non-hydrogen) atoms. The molecule has 2 N–H and O–H groups in total. The number of hydrogen-bond acceptors (Lipinski definition) is 3. The number of fused-ring (bicyclic) bond motifs is 2. The van der Waals surface area contributed by atoms with Crippen molar-refractivity contribution >= 4 is 11.9 Å². The Hall–Kier alpha value is -2.04. The number of para-hydroxylation sites is 1. The van der Waals surface area contributed by atoms with Gasteiger partial charge in [0.15, 0.2) is 0 Å². The quantitative estimate of drug-likeness (QED) is 0.872. The molecular weight excluding hydrogens is 258 g/mol. The van der Waals surface area contributed by atoms with E-state index in [-0.39, 0.29) is 17.2 Å². The topological polar surface area (TPSA) is 75.6 Å². The van der Waals surface area contributed by atoms with E-state index in [1.54, 1.807) is 0 Å². The number of nitrogens with one attached hydrogen (secondary N) is 1. The molecule has 2 unspecified atom stereocenters. The van der Waals surface area contributed by atoms with Gasteiger partial charge in [-0.3, -0.25) is 9.59 Å². The normalized spacial score (nSPS) is 28.1. The third-order valence-electron chi connectivity index (χ3n) is 4.35. The average molecular weight is 275 g/mol. The fourth-order valence-electron chi connectivity index (χ4n) is 3.08. The van der Waals surface area contributed by atoms with Crippen LogP contribution >= 0.6 is 0 Å². The molecule has 5 nitrogen and oxygen atoms in total. The van der Waals surface area contributed by atoms with E-state index < -0.39 is 12.0 Å². The third-order valence-corrected chi connectivity index (χ3v) is 4.35. The van der Waals surface area contributed by atoms with Gasteiger partial charge in [0, 0.05) is 16.9 Å². The summed E-state index contributed by atoms with van der Waals surface area (Å²) in [4.78, 5) is 23.0. The molecule has 1 saturated carbocycles. The molecule has 3 rings (SSSR count). The van der Waals surface area contributed by atoms with Crippen molar-refractivity contribution in [2.45, 2.75) is 31.2 Å². The summed E-state index contributed by atoms with van der Waals surface area (Å²) in [7, 11) is 0. The first-order valence-electron chi connectivity index (χ1n) is 6.80. The molecule has 0 bridgehead atoms. The predicted octanol–water partition coefficient (Wildman–Crippen LogP) is 1.32. The van der Waals surface area contributed by atoms with Crippen LogP contribution in [0.2, 0.25) is 0 Å². The van der Waals surface area contributed by atoms with E-state index in [2.05, 4.69) is 5.32 Å². The Labute approximate surface area is 116 Å². The summed E-state index contributed by atoms with van der Waals surface area (Å²) in [5.74, 6) is -0.480. The molecule has 1 aromatic carbocycles. The predicted molar refractivity (Wildman–Crippen MR) is 71.6 cm³/mol. The first kappa shape index (κ1) is 13.0. The average Bonchev–Trinajstić information content (AvgIpc) is 3.14. The smallest absolute Gasteiger partial charge is 0.325 e. The number of benzene rings is 1. The SMILES string of the molecule is C[C@H](NC(=O)C1CC12CCOc1ccccc12)C(=O)O. The van der Waals surface area contributed by atoms with Gasteiger partial charge >= 0.3 is 5.97 Å². The van der Waals surface area contributed by atoms with Crippen molar-refractivity contribution in [2.75, 3.05) is 6.61 Å². The van der Waals surface area contributed by atoms with Crippen molar-refractivity contribution in [3.05, 3.63) is 29.8 Å². The lowest BCUT2D eigenvalue weighted by Crippen LogP contribution is -2.40. The molecule has 0 aromatic heterocycles. The molecule has 1 aromatic rings. The van der Waals surface area contributed by atoms with Gasteiger partial charge in [0.1, 0.15) is 11.8 Å². The van der Waals surface area contributed by atoms with E-state index >= 15 is 0 Å². The van der Waals surface area contributed by atoms with Crippen LogP contribution in [0.5, 0.6) is 5.75 Å². The maximum absolute atomic E-state index is 12.2. The zero-order chi connectivity index (χ0) is 14.3. The van der Waals surface area contributed by atoms with Crippen molar-refractivity contribution < 1.29 is 19.4 Å². The van der Waals surface area contributed by atoms with Crippen LogP contribution in [0.4, 0.5) is 0 Å². The zero-order valence-electron chi connectivity index (χ0n) is 11.3. The largest absolute Gasteiger partial charge is 0.493 e. The van der Waals surface area contributed by atoms with Crippen molar-refractivity contribution in [1.29, 1.82) is 0 Å². The summed E-state index contributed by atoms with van der Waals surface area (Å²) in [5, 5.41) is 11.4. The number of carbonyl (C=O) groups is 2. The number of rotatable bonds is 3. The molecular formula is C15H17NO4. The maximum atomic E-state index is 12.2. The van der Waals surface area contributed by atoms with Crippen LogP contribution in [-0.4, -0.2) is 29.6 Å². The Morgan fingerprint density at radius 2 is 2.20 bits per heavy atom. The molecule has 3 atom stereocenters. The summed E-state index contributed by atoms with van der Waals surface area (Å²) >= 11 is 0. The molecule has 1 heterocycles. The van der Waals surface area contributed by atoms with E-state index in [0.717, 1.165) is 24.2 Å². The Morgan fingerprint density at radius 1 is 1.45 bits per heavy atom. The van der Waals surface area contributed by atoms with Gasteiger partial charge in [-0.25, -0.2) is 0 Å². The molecule has 1 amide bonds.